The summed E-state index contributed by atoms with van der Waals surface area (Å²) in [6.07, 6.45) is 5.67. The molecule has 0 saturated heterocycles. The summed E-state index contributed by atoms with van der Waals surface area (Å²) in [7, 11) is 1.60. The monoisotopic (exact) mass is 334 g/mol. The number of nitrogens with zero attached hydrogens (tertiary/aromatic N) is 5. The number of nitriles is 1. The maximum absolute atomic E-state index is 9.53. The zero-order valence-corrected chi connectivity index (χ0v) is 14.1. The maximum atomic E-state index is 9.53. The van der Waals surface area contributed by atoms with E-state index in [0.29, 0.717) is 29.2 Å². The molecule has 0 aliphatic carbocycles. The smallest absolute Gasteiger partial charge is 0.165 e. The fourth-order valence-corrected chi connectivity index (χ4v) is 2.46. The van der Waals surface area contributed by atoms with Gasteiger partial charge in [0.05, 0.1) is 11.9 Å². The number of methoxy groups -OCH3 is 1. The molecule has 0 spiro atoms. The first-order valence-electron chi connectivity index (χ1n) is 7.87. The fourth-order valence-electron chi connectivity index (χ4n) is 2.46. The van der Waals surface area contributed by atoms with Crippen molar-refractivity contribution in [3.8, 4) is 6.07 Å². The molecule has 7 nitrogen and oxygen atoms in total. The van der Waals surface area contributed by atoms with Crippen molar-refractivity contribution in [1.82, 2.24) is 19.5 Å². The molecule has 0 unspecified atom stereocenters. The molecular weight excluding hydrogens is 316 g/mol. The van der Waals surface area contributed by atoms with Crippen molar-refractivity contribution in [3.63, 3.8) is 0 Å². The van der Waals surface area contributed by atoms with Crippen LogP contribution in [0.2, 0.25) is 0 Å². The van der Waals surface area contributed by atoms with E-state index < -0.39 is 0 Å². The number of nitrogens with one attached hydrogen (secondary N) is 1. The normalized spacial score (nSPS) is 11.5. The number of fused-ring (bicyclic) bond motifs is 1. The van der Waals surface area contributed by atoms with Gasteiger partial charge in [-0.05, 0) is 24.1 Å². The average molecular weight is 334 g/mol. The summed E-state index contributed by atoms with van der Waals surface area (Å²) in [5.41, 5.74) is 4.22. The van der Waals surface area contributed by atoms with Crippen LogP contribution in [-0.4, -0.2) is 26.6 Å². The third kappa shape index (κ3) is 3.49. The molecule has 1 N–H and O–H groups in total. The Morgan fingerprint density at radius 3 is 2.76 bits per heavy atom. The van der Waals surface area contributed by atoms with Crippen LogP contribution >= 0.6 is 0 Å². The van der Waals surface area contributed by atoms with Crippen molar-refractivity contribution in [2.75, 3.05) is 12.4 Å². The van der Waals surface area contributed by atoms with Gasteiger partial charge in [-0.25, -0.2) is 15.0 Å². The van der Waals surface area contributed by atoms with Crippen LogP contribution in [0.15, 0.2) is 43.1 Å². The lowest BCUT2D eigenvalue weighted by Crippen LogP contribution is -2.00. The summed E-state index contributed by atoms with van der Waals surface area (Å²) in [5, 5.41) is 12.7. The standard InChI is InChI=1S/C18H18N6O/c1-3-13-4-6-15(7-5-13)20-9-14(8-19)16-17-18(22-10-21-16)24(11-23-17)12-25-2/h4-7,9-11,20H,3,12H2,1-2H3/b14-9-. The van der Waals surface area contributed by atoms with Gasteiger partial charge < -0.3 is 10.1 Å². The Morgan fingerprint density at radius 2 is 2.08 bits per heavy atom. The lowest BCUT2D eigenvalue weighted by molar-refractivity contribution is 0.134. The Labute approximate surface area is 145 Å². The zero-order valence-electron chi connectivity index (χ0n) is 14.1. The molecule has 2 aromatic heterocycles. The molecule has 1 aromatic carbocycles. The minimum Gasteiger partial charge on any atom is -0.364 e. The average Bonchev–Trinajstić information content (AvgIpc) is 3.07. The molecule has 126 valence electrons. The van der Waals surface area contributed by atoms with Crippen LogP contribution in [0.1, 0.15) is 18.2 Å². The van der Waals surface area contributed by atoms with Gasteiger partial charge in [-0.1, -0.05) is 19.1 Å². The number of allylic oxidation sites excluding steroid dienone is 1. The molecule has 0 radical (unpaired) electrons. The van der Waals surface area contributed by atoms with Gasteiger partial charge in [-0.15, -0.1) is 0 Å². The Balaban J connectivity index is 1.92. The Bertz CT molecular complexity index is 936. The van der Waals surface area contributed by atoms with Gasteiger partial charge in [0.15, 0.2) is 5.65 Å². The van der Waals surface area contributed by atoms with Crippen molar-refractivity contribution < 1.29 is 4.74 Å². The van der Waals surface area contributed by atoms with E-state index in [1.165, 1.54) is 11.9 Å². The first kappa shape index (κ1) is 16.6. The van der Waals surface area contributed by atoms with E-state index in [9.17, 15) is 5.26 Å². The number of benzene rings is 1. The number of anilines is 1. The van der Waals surface area contributed by atoms with Crippen molar-refractivity contribution in [2.24, 2.45) is 0 Å². The third-order valence-corrected chi connectivity index (χ3v) is 3.79. The second-order valence-corrected chi connectivity index (χ2v) is 5.39. The molecule has 0 amide bonds. The molecule has 7 heteroatoms. The molecule has 0 bridgehead atoms. The molecule has 3 aromatic rings. The Kier molecular flexibility index (Phi) is 5.02. The molecule has 0 aliphatic rings. The minimum absolute atomic E-state index is 0.334. The zero-order chi connectivity index (χ0) is 17.6. The Morgan fingerprint density at radius 1 is 1.28 bits per heavy atom. The van der Waals surface area contributed by atoms with Gasteiger partial charge in [0.1, 0.15) is 30.3 Å². The number of aryl methyl sites for hydroxylation is 1. The Hall–Kier alpha value is -3.24. The number of aromatic nitrogens is 4. The predicted molar refractivity (Wildman–Crippen MR) is 95.4 cm³/mol. The van der Waals surface area contributed by atoms with Gasteiger partial charge in [0, 0.05) is 19.0 Å². The van der Waals surface area contributed by atoms with Gasteiger partial charge in [-0.3, -0.25) is 4.57 Å². The summed E-state index contributed by atoms with van der Waals surface area (Å²) < 4.78 is 6.87. The van der Waals surface area contributed by atoms with Crippen LogP contribution < -0.4 is 5.32 Å². The van der Waals surface area contributed by atoms with E-state index in [-0.39, 0.29) is 0 Å². The van der Waals surface area contributed by atoms with Crippen LogP contribution in [0, 0.1) is 11.3 Å². The van der Waals surface area contributed by atoms with Crippen LogP contribution in [0.3, 0.4) is 0 Å². The summed E-state index contributed by atoms with van der Waals surface area (Å²) >= 11 is 0. The molecule has 0 atom stereocenters. The number of ether oxygens (including phenoxy) is 1. The highest BCUT2D eigenvalue weighted by atomic mass is 16.5. The fraction of sp³-hybridized carbons (Fsp3) is 0.222. The number of rotatable bonds is 6. The molecule has 0 fully saturated rings. The van der Waals surface area contributed by atoms with Gasteiger partial charge in [-0.2, -0.15) is 5.26 Å². The van der Waals surface area contributed by atoms with E-state index in [0.717, 1.165) is 12.1 Å². The highest BCUT2D eigenvalue weighted by Crippen LogP contribution is 2.20. The maximum Gasteiger partial charge on any atom is 0.165 e. The number of imidazole rings is 1. The lowest BCUT2D eigenvalue weighted by Gasteiger charge is -2.05. The summed E-state index contributed by atoms with van der Waals surface area (Å²) in [6.45, 7) is 2.44. The number of hydrogen-bond donors (Lipinski definition) is 1. The predicted octanol–water partition coefficient (Wildman–Crippen LogP) is 2.97. The summed E-state index contributed by atoms with van der Waals surface area (Å²) in [4.78, 5) is 12.8. The van der Waals surface area contributed by atoms with Gasteiger partial charge in [0.25, 0.3) is 0 Å². The molecule has 3 rings (SSSR count). The largest absolute Gasteiger partial charge is 0.364 e. The van der Waals surface area contributed by atoms with E-state index >= 15 is 0 Å². The molecule has 0 saturated carbocycles. The van der Waals surface area contributed by atoms with Gasteiger partial charge in [0.2, 0.25) is 0 Å². The summed E-state index contributed by atoms with van der Waals surface area (Å²) in [5.74, 6) is 0. The second-order valence-electron chi connectivity index (χ2n) is 5.39. The van der Waals surface area contributed by atoms with Crippen LogP contribution in [0.4, 0.5) is 5.69 Å². The lowest BCUT2D eigenvalue weighted by atomic mass is 10.1. The van der Waals surface area contributed by atoms with Crippen molar-refractivity contribution in [3.05, 3.63) is 54.4 Å². The first-order valence-corrected chi connectivity index (χ1v) is 7.87. The first-order chi connectivity index (χ1) is 12.3. The summed E-state index contributed by atoms with van der Waals surface area (Å²) in [6, 6.07) is 10.2. The van der Waals surface area contributed by atoms with Crippen LogP contribution in [-0.2, 0) is 17.9 Å². The third-order valence-electron chi connectivity index (χ3n) is 3.79. The van der Waals surface area contributed by atoms with Gasteiger partial charge >= 0.3 is 0 Å². The quantitative estimate of drug-likeness (QED) is 0.697. The molecule has 0 aliphatic heterocycles. The molecule has 25 heavy (non-hydrogen) atoms. The van der Waals surface area contributed by atoms with E-state index in [4.69, 9.17) is 4.74 Å². The van der Waals surface area contributed by atoms with E-state index in [1.807, 2.05) is 12.1 Å². The van der Waals surface area contributed by atoms with E-state index in [1.54, 1.807) is 24.2 Å². The topological polar surface area (TPSA) is 88.7 Å². The van der Waals surface area contributed by atoms with Crippen molar-refractivity contribution in [1.29, 1.82) is 5.26 Å². The highest BCUT2D eigenvalue weighted by Gasteiger charge is 2.13. The van der Waals surface area contributed by atoms with Crippen LogP contribution in [0.25, 0.3) is 16.7 Å². The van der Waals surface area contributed by atoms with Crippen molar-refractivity contribution >= 4 is 22.4 Å². The van der Waals surface area contributed by atoms with E-state index in [2.05, 4.69) is 45.4 Å². The van der Waals surface area contributed by atoms with Crippen molar-refractivity contribution in [2.45, 2.75) is 20.1 Å². The molecule has 2 heterocycles. The number of hydrogen-bond acceptors (Lipinski definition) is 6. The minimum atomic E-state index is 0.334. The highest BCUT2D eigenvalue weighted by molar-refractivity contribution is 5.90. The van der Waals surface area contributed by atoms with Crippen LogP contribution in [0.5, 0.6) is 0 Å². The molecular formula is C18H18N6O. The second kappa shape index (κ2) is 7.55. The SMILES string of the molecule is CCc1ccc(N/C=C(/C#N)c2ncnc3c2ncn3COC)cc1.